The molecule has 3 rings (SSSR count). The Bertz CT molecular complexity index is 819. The molecule has 1 aliphatic rings. The van der Waals surface area contributed by atoms with Crippen LogP contribution in [0.4, 0.5) is 4.79 Å². The average molecular weight is 360 g/mol. The fourth-order valence-electron chi connectivity index (χ4n) is 3.18. The number of alkyl carbamates (subject to hydrolysis) is 1. The van der Waals surface area contributed by atoms with Crippen LogP contribution in [0.1, 0.15) is 23.5 Å². The molecule has 134 valence electrons. The standard InChI is InChI=1S/C19H18N2O5/c20-17(22)9-16(18(23)24)21-19(25)26-10-15-13-7-3-1-5-11(13)12-6-2-4-8-14(12)15/h1-8,15-16H,9-10H2,(H2,20,22)(H,21,25)(H,23,24)/t16-/m0/s1/i9+1,16+1,17+1,18+1,20+1,21+1. The van der Waals surface area contributed by atoms with E-state index in [1.54, 1.807) is 0 Å². The normalized spacial score (nSPS) is 13.4. The Morgan fingerprint density at radius 2 is 1.58 bits per heavy atom. The maximum absolute atomic E-state index is 12.0. The van der Waals surface area contributed by atoms with E-state index < -0.39 is 30.4 Å². The van der Waals surface area contributed by atoms with E-state index in [-0.39, 0.29) is 12.5 Å². The number of amides is 2. The average Bonchev–Trinajstić information content (AvgIpc) is 2.93. The maximum Gasteiger partial charge on any atom is 0.407 e. The molecule has 0 radical (unpaired) electrons. The van der Waals surface area contributed by atoms with Crippen molar-refractivity contribution < 1.29 is 24.2 Å². The summed E-state index contributed by atoms with van der Waals surface area (Å²) in [5.74, 6) is -2.30. The minimum atomic E-state index is -1.41. The highest BCUT2D eigenvalue weighted by Gasteiger charge is 2.30. The molecule has 0 saturated heterocycles. The number of carbonyl (C=O) groups is 3. The molecule has 0 fully saturated rings. The van der Waals surface area contributed by atoms with Crippen LogP contribution in [-0.2, 0) is 14.3 Å². The third-order valence-electron chi connectivity index (χ3n) is 4.34. The van der Waals surface area contributed by atoms with Gasteiger partial charge in [-0.3, -0.25) is 4.79 Å². The molecular weight excluding hydrogens is 342 g/mol. The number of aliphatic carboxylic acids is 1. The first-order valence-electron chi connectivity index (χ1n) is 8.10. The van der Waals surface area contributed by atoms with Crippen LogP contribution in [0.5, 0.6) is 0 Å². The predicted octanol–water partition coefficient (Wildman–Crippen LogP) is 1.85. The van der Waals surface area contributed by atoms with Gasteiger partial charge < -0.3 is 20.9 Å². The molecule has 2 aromatic rings. The first kappa shape index (κ1) is 17.5. The van der Waals surface area contributed by atoms with Gasteiger partial charge in [0.1, 0.15) is 12.6 Å². The summed E-state index contributed by atoms with van der Waals surface area (Å²) in [7, 11) is 0. The Kier molecular flexibility index (Phi) is 4.88. The molecule has 1 aliphatic carbocycles. The van der Waals surface area contributed by atoms with E-state index in [9.17, 15) is 14.4 Å². The number of benzene rings is 2. The van der Waals surface area contributed by atoms with Crippen LogP contribution < -0.4 is 11.1 Å². The molecule has 1 atom stereocenters. The van der Waals surface area contributed by atoms with Crippen molar-refractivity contribution in [1.82, 2.24) is 5.32 Å². The van der Waals surface area contributed by atoms with E-state index in [1.165, 1.54) is 0 Å². The molecule has 0 bridgehead atoms. The predicted molar refractivity (Wildman–Crippen MR) is 93.4 cm³/mol. The van der Waals surface area contributed by atoms with Gasteiger partial charge in [-0.05, 0) is 22.3 Å². The first-order valence-corrected chi connectivity index (χ1v) is 8.10. The van der Waals surface area contributed by atoms with Gasteiger partial charge in [-0.25, -0.2) is 9.59 Å². The van der Waals surface area contributed by atoms with Gasteiger partial charge in [0.15, 0.2) is 0 Å². The van der Waals surface area contributed by atoms with Gasteiger partial charge in [0.2, 0.25) is 5.91 Å². The highest BCUT2D eigenvalue weighted by molar-refractivity contribution is 5.86. The van der Waals surface area contributed by atoms with E-state index in [2.05, 4.69) is 5.32 Å². The van der Waals surface area contributed by atoms with Crippen molar-refractivity contribution in [2.45, 2.75) is 18.4 Å². The van der Waals surface area contributed by atoms with Crippen molar-refractivity contribution in [3.8, 4) is 11.1 Å². The number of carboxylic acids is 1. The SMILES string of the molecule is [15NH2][13C](=O)[13CH2][13C@H]([15NH]C(=O)OCC1c2ccccc2-c2ccccc21)[13C](=O)O. The fourth-order valence-corrected chi connectivity index (χ4v) is 3.18. The van der Waals surface area contributed by atoms with E-state index in [1.807, 2.05) is 48.5 Å². The van der Waals surface area contributed by atoms with Crippen LogP contribution in [0.25, 0.3) is 11.1 Å². The second-order valence-corrected chi connectivity index (χ2v) is 6.03. The zero-order valence-corrected chi connectivity index (χ0v) is 13.8. The Morgan fingerprint density at radius 1 is 1.04 bits per heavy atom. The van der Waals surface area contributed by atoms with Gasteiger partial charge in [-0.15, -0.1) is 0 Å². The minimum absolute atomic E-state index is 0.0583. The lowest BCUT2D eigenvalue weighted by Crippen LogP contribution is -2.43. The summed E-state index contributed by atoms with van der Waals surface area (Å²) in [6.45, 7) is 0.0583. The van der Waals surface area contributed by atoms with Crippen molar-refractivity contribution >= 4 is 18.0 Å². The van der Waals surface area contributed by atoms with Gasteiger partial charge in [0.25, 0.3) is 0 Å². The van der Waals surface area contributed by atoms with Crippen LogP contribution in [0, 0.1) is 0 Å². The number of fused-ring (bicyclic) bond motifs is 3. The van der Waals surface area contributed by atoms with Gasteiger partial charge in [-0.2, -0.15) is 0 Å². The van der Waals surface area contributed by atoms with Gasteiger partial charge >= 0.3 is 12.1 Å². The van der Waals surface area contributed by atoms with E-state index in [4.69, 9.17) is 15.6 Å². The molecule has 7 nitrogen and oxygen atoms in total. The molecule has 0 saturated carbocycles. The zero-order chi connectivity index (χ0) is 18.7. The third kappa shape index (κ3) is 3.51. The molecule has 0 unspecified atom stereocenters. The number of nitrogens with two attached hydrogens (primary N) is 1. The topological polar surface area (TPSA) is 119 Å². The molecule has 7 heteroatoms. The molecule has 0 spiro atoms. The molecule has 26 heavy (non-hydrogen) atoms. The van der Waals surface area contributed by atoms with Gasteiger partial charge in [0.05, 0.1) is 6.42 Å². The molecule has 0 aliphatic heterocycles. The summed E-state index contributed by atoms with van der Waals surface area (Å²) in [6, 6.07) is 14.3. The van der Waals surface area contributed by atoms with Crippen LogP contribution >= 0.6 is 0 Å². The molecule has 2 amide bonds. The Labute approximate surface area is 149 Å². The van der Waals surface area contributed by atoms with E-state index >= 15 is 0 Å². The van der Waals surface area contributed by atoms with Crippen molar-refractivity contribution in [2.75, 3.05) is 6.61 Å². The Morgan fingerprint density at radius 3 is 2.08 bits per heavy atom. The molecule has 0 aromatic heterocycles. The van der Waals surface area contributed by atoms with Crippen LogP contribution in [0.15, 0.2) is 48.5 Å². The minimum Gasteiger partial charge on any atom is -0.480 e. The zero-order valence-electron chi connectivity index (χ0n) is 13.8. The lowest BCUT2D eigenvalue weighted by molar-refractivity contribution is -0.141. The van der Waals surface area contributed by atoms with Crippen molar-refractivity contribution in [2.24, 2.45) is 5.73 Å². The summed E-state index contributed by atoms with van der Waals surface area (Å²) in [4.78, 5) is 34.0. The summed E-state index contributed by atoms with van der Waals surface area (Å²) in [5.41, 5.74) is 9.27. The van der Waals surface area contributed by atoms with Crippen LogP contribution in [0.2, 0.25) is 0 Å². The number of primary amides is 1. The Balaban J connectivity index is 1.71. The summed E-state index contributed by atoms with van der Waals surface area (Å²) < 4.78 is 5.24. The highest BCUT2D eigenvalue weighted by Crippen LogP contribution is 2.44. The lowest BCUT2D eigenvalue weighted by atomic mass is 9.98. The molecule has 0 heterocycles. The van der Waals surface area contributed by atoms with E-state index in [0.29, 0.717) is 0 Å². The highest BCUT2D eigenvalue weighted by atomic mass is 16.6. The monoisotopic (exact) mass is 360 g/mol. The first-order chi connectivity index (χ1) is 12.5. The van der Waals surface area contributed by atoms with Crippen LogP contribution in [0.3, 0.4) is 0 Å². The summed E-state index contributed by atoms with van der Waals surface area (Å²) in [5, 5.41) is 11.2. The number of hydrogen-bond donors (Lipinski definition) is 3. The summed E-state index contributed by atoms with van der Waals surface area (Å²) >= 11 is 0. The number of ether oxygens (including phenoxy) is 1. The quantitative estimate of drug-likeness (QED) is 0.537. The number of rotatable bonds is 6. The number of hydrogen-bond acceptors (Lipinski definition) is 4. The molecule has 2 aromatic carbocycles. The van der Waals surface area contributed by atoms with Crippen molar-refractivity contribution in [3.63, 3.8) is 0 Å². The number of carboxylic acid groups (broad SMARTS) is 1. The smallest absolute Gasteiger partial charge is 0.407 e. The van der Waals surface area contributed by atoms with Gasteiger partial charge in [0, 0.05) is 5.92 Å². The summed E-state index contributed by atoms with van der Waals surface area (Å²) in [6.07, 6.45) is -1.40. The third-order valence-corrected chi connectivity index (χ3v) is 4.34. The largest absolute Gasteiger partial charge is 0.480 e. The number of nitrogens with one attached hydrogen (secondary N) is 1. The second-order valence-electron chi connectivity index (χ2n) is 6.03. The van der Waals surface area contributed by atoms with Crippen molar-refractivity contribution in [3.05, 3.63) is 59.7 Å². The van der Waals surface area contributed by atoms with E-state index in [0.717, 1.165) is 22.3 Å². The van der Waals surface area contributed by atoms with Gasteiger partial charge in [-0.1, -0.05) is 48.5 Å². The molecule has 4 N–H and O–H groups in total. The second kappa shape index (κ2) is 7.26. The maximum atomic E-state index is 12.0. The fraction of sp³-hybridized carbons (Fsp3) is 0.211. The number of carbonyl (C=O) groups excluding carboxylic acids is 2. The van der Waals surface area contributed by atoms with Crippen molar-refractivity contribution in [1.29, 1.82) is 0 Å². The molecular formula is C19H18N2O5. The van der Waals surface area contributed by atoms with Crippen LogP contribution in [-0.4, -0.2) is 35.7 Å². The Hall–Kier alpha value is -3.35. The lowest BCUT2D eigenvalue weighted by Gasteiger charge is -2.16.